The molecule has 0 bridgehead atoms. The van der Waals surface area contributed by atoms with Gasteiger partial charge in [0.2, 0.25) is 5.91 Å². The molecule has 4 nitrogen and oxygen atoms in total. The minimum absolute atomic E-state index is 0.0222. The molecule has 0 radical (unpaired) electrons. The first-order valence-corrected chi connectivity index (χ1v) is 5.02. The highest BCUT2D eigenvalue weighted by atomic mass is 16.2. The maximum absolute atomic E-state index is 11.8. The van der Waals surface area contributed by atoms with Gasteiger partial charge in [-0.3, -0.25) is 4.79 Å². The second kappa shape index (κ2) is 4.43. The third-order valence-electron chi connectivity index (χ3n) is 2.96. The molecule has 1 amide bonds. The van der Waals surface area contributed by atoms with Gasteiger partial charge in [-0.1, -0.05) is 6.42 Å². The average molecular weight is 195 g/mol. The molecule has 1 rings (SSSR count). The summed E-state index contributed by atoms with van der Waals surface area (Å²) in [4.78, 5) is 11.8. The van der Waals surface area contributed by atoms with Crippen molar-refractivity contribution in [3.8, 4) is 6.07 Å². The van der Waals surface area contributed by atoms with Gasteiger partial charge in [0.05, 0.1) is 17.9 Å². The Bertz CT molecular complexity index is 247. The fraction of sp³-hybridized carbons (Fsp3) is 0.800. The minimum Gasteiger partial charge on any atom is -0.352 e. The number of hydrogen-bond donors (Lipinski definition) is 2. The quantitative estimate of drug-likeness (QED) is 0.687. The second-order valence-electron chi connectivity index (χ2n) is 4.07. The topological polar surface area (TPSA) is 78.9 Å². The fourth-order valence-corrected chi connectivity index (χ4v) is 1.69. The largest absolute Gasteiger partial charge is 0.352 e. The van der Waals surface area contributed by atoms with Crippen LogP contribution in [0.15, 0.2) is 0 Å². The molecule has 1 aliphatic carbocycles. The Morgan fingerprint density at radius 3 is 2.71 bits per heavy atom. The summed E-state index contributed by atoms with van der Waals surface area (Å²) in [5, 5.41) is 11.3. The summed E-state index contributed by atoms with van der Waals surface area (Å²) in [7, 11) is 0. The van der Waals surface area contributed by atoms with Crippen molar-refractivity contribution in [2.75, 3.05) is 6.54 Å². The predicted molar refractivity (Wildman–Crippen MR) is 53.2 cm³/mol. The van der Waals surface area contributed by atoms with Gasteiger partial charge in [0.1, 0.15) is 0 Å². The highest BCUT2D eigenvalue weighted by molar-refractivity contribution is 5.84. The van der Waals surface area contributed by atoms with Crippen LogP contribution >= 0.6 is 0 Å². The summed E-state index contributed by atoms with van der Waals surface area (Å²) in [5.74, 6) is 0.0222. The smallest absolute Gasteiger partial charge is 0.227 e. The molecule has 0 aromatic heterocycles. The van der Waals surface area contributed by atoms with E-state index in [0.29, 0.717) is 13.0 Å². The molecule has 1 aliphatic rings. The molecule has 1 atom stereocenters. The van der Waals surface area contributed by atoms with Crippen LogP contribution < -0.4 is 11.1 Å². The predicted octanol–water partition coefficient (Wildman–Crippen LogP) is 0.534. The Morgan fingerprint density at radius 2 is 2.36 bits per heavy atom. The Hall–Kier alpha value is -1.08. The first-order valence-electron chi connectivity index (χ1n) is 5.02. The van der Waals surface area contributed by atoms with Gasteiger partial charge < -0.3 is 11.1 Å². The van der Waals surface area contributed by atoms with Crippen molar-refractivity contribution in [1.29, 1.82) is 5.26 Å². The lowest BCUT2D eigenvalue weighted by Gasteiger charge is -2.39. The molecule has 4 heteroatoms. The van der Waals surface area contributed by atoms with Crippen LogP contribution in [0.25, 0.3) is 0 Å². The van der Waals surface area contributed by atoms with Crippen molar-refractivity contribution < 1.29 is 4.79 Å². The molecule has 0 aromatic rings. The maximum Gasteiger partial charge on any atom is 0.227 e. The molecular weight excluding hydrogens is 178 g/mol. The van der Waals surface area contributed by atoms with Gasteiger partial charge in [-0.05, 0) is 19.8 Å². The van der Waals surface area contributed by atoms with Crippen LogP contribution in [-0.2, 0) is 4.79 Å². The number of nitriles is 1. The van der Waals surface area contributed by atoms with Crippen LogP contribution in [0.1, 0.15) is 32.6 Å². The van der Waals surface area contributed by atoms with E-state index in [4.69, 9.17) is 11.0 Å². The number of nitrogens with zero attached hydrogens (tertiary/aromatic N) is 1. The number of rotatable bonds is 4. The lowest BCUT2D eigenvalue weighted by atomic mass is 9.68. The number of carbonyl (C=O) groups is 1. The summed E-state index contributed by atoms with van der Waals surface area (Å²) in [6.07, 6.45) is 3.20. The maximum atomic E-state index is 11.8. The monoisotopic (exact) mass is 195 g/mol. The summed E-state index contributed by atoms with van der Waals surface area (Å²) < 4.78 is 0. The van der Waals surface area contributed by atoms with Crippen LogP contribution in [-0.4, -0.2) is 18.5 Å². The van der Waals surface area contributed by atoms with Gasteiger partial charge in [0, 0.05) is 12.6 Å². The standard InChI is InChI=1S/C10H17N3O/c1-8(3-6-11)13-9(14)10(7-12)4-2-5-10/h8H,2-5,7,12H2,1H3,(H,13,14). The Balaban J connectivity index is 2.45. The number of amides is 1. The lowest BCUT2D eigenvalue weighted by Crippen LogP contribution is -2.52. The van der Waals surface area contributed by atoms with E-state index in [1.807, 2.05) is 13.0 Å². The van der Waals surface area contributed by atoms with Gasteiger partial charge in [-0.2, -0.15) is 5.26 Å². The van der Waals surface area contributed by atoms with Gasteiger partial charge in [-0.25, -0.2) is 0 Å². The van der Waals surface area contributed by atoms with E-state index >= 15 is 0 Å². The van der Waals surface area contributed by atoms with E-state index in [9.17, 15) is 4.79 Å². The lowest BCUT2D eigenvalue weighted by molar-refractivity contribution is -0.135. The zero-order valence-corrected chi connectivity index (χ0v) is 8.55. The molecule has 0 aromatic carbocycles. The van der Waals surface area contributed by atoms with Gasteiger partial charge in [0.25, 0.3) is 0 Å². The molecule has 1 saturated carbocycles. The third-order valence-corrected chi connectivity index (χ3v) is 2.96. The SMILES string of the molecule is CC(CC#N)NC(=O)C1(CN)CCC1. The first kappa shape index (κ1) is 11.0. The number of carbonyl (C=O) groups excluding carboxylic acids is 1. The highest BCUT2D eigenvalue weighted by Gasteiger charge is 2.42. The van der Waals surface area contributed by atoms with Crippen molar-refractivity contribution >= 4 is 5.91 Å². The molecule has 0 aliphatic heterocycles. The number of nitrogens with one attached hydrogen (secondary N) is 1. The Kier molecular flexibility index (Phi) is 3.48. The van der Waals surface area contributed by atoms with E-state index in [-0.39, 0.29) is 17.4 Å². The zero-order chi connectivity index (χ0) is 10.6. The van der Waals surface area contributed by atoms with Crippen LogP contribution in [0.3, 0.4) is 0 Å². The molecule has 0 spiro atoms. The normalized spacial score (nSPS) is 20.4. The van der Waals surface area contributed by atoms with E-state index in [1.165, 1.54) is 0 Å². The molecular formula is C10H17N3O. The van der Waals surface area contributed by atoms with Crippen molar-refractivity contribution in [3.63, 3.8) is 0 Å². The molecule has 3 N–H and O–H groups in total. The van der Waals surface area contributed by atoms with E-state index in [2.05, 4.69) is 5.32 Å². The van der Waals surface area contributed by atoms with E-state index in [0.717, 1.165) is 19.3 Å². The summed E-state index contributed by atoms with van der Waals surface area (Å²) >= 11 is 0. The summed E-state index contributed by atoms with van der Waals surface area (Å²) in [6.45, 7) is 2.25. The highest BCUT2D eigenvalue weighted by Crippen LogP contribution is 2.40. The average Bonchev–Trinajstić information content (AvgIpc) is 2.03. The summed E-state index contributed by atoms with van der Waals surface area (Å²) in [6, 6.07) is 1.96. The molecule has 14 heavy (non-hydrogen) atoms. The van der Waals surface area contributed by atoms with Crippen molar-refractivity contribution in [1.82, 2.24) is 5.32 Å². The molecule has 1 fully saturated rings. The van der Waals surface area contributed by atoms with Gasteiger partial charge in [-0.15, -0.1) is 0 Å². The fourth-order valence-electron chi connectivity index (χ4n) is 1.69. The Morgan fingerprint density at radius 1 is 1.71 bits per heavy atom. The molecule has 0 heterocycles. The second-order valence-corrected chi connectivity index (χ2v) is 4.07. The zero-order valence-electron chi connectivity index (χ0n) is 8.55. The molecule has 1 unspecified atom stereocenters. The van der Waals surface area contributed by atoms with E-state index < -0.39 is 0 Å². The van der Waals surface area contributed by atoms with E-state index in [1.54, 1.807) is 0 Å². The van der Waals surface area contributed by atoms with Crippen LogP contribution in [0, 0.1) is 16.7 Å². The van der Waals surface area contributed by atoms with Crippen molar-refractivity contribution in [3.05, 3.63) is 0 Å². The third kappa shape index (κ3) is 2.05. The van der Waals surface area contributed by atoms with Gasteiger partial charge in [0.15, 0.2) is 0 Å². The van der Waals surface area contributed by atoms with Crippen LogP contribution in [0.4, 0.5) is 0 Å². The first-order chi connectivity index (χ1) is 6.64. The molecule has 78 valence electrons. The minimum atomic E-state index is -0.330. The van der Waals surface area contributed by atoms with Crippen molar-refractivity contribution in [2.45, 2.75) is 38.6 Å². The Labute approximate surface area is 84.5 Å². The van der Waals surface area contributed by atoms with Crippen LogP contribution in [0.5, 0.6) is 0 Å². The molecule has 0 saturated heterocycles. The van der Waals surface area contributed by atoms with Crippen LogP contribution in [0.2, 0.25) is 0 Å². The number of nitrogens with two attached hydrogens (primary N) is 1. The summed E-state index contributed by atoms with van der Waals surface area (Å²) in [5.41, 5.74) is 5.26. The number of hydrogen-bond acceptors (Lipinski definition) is 3. The van der Waals surface area contributed by atoms with Crippen molar-refractivity contribution in [2.24, 2.45) is 11.1 Å². The van der Waals surface area contributed by atoms with Gasteiger partial charge >= 0.3 is 0 Å².